The van der Waals surface area contributed by atoms with Gasteiger partial charge in [0.1, 0.15) is 11.9 Å². The highest BCUT2D eigenvalue weighted by Crippen LogP contribution is 2.28. The highest BCUT2D eigenvalue weighted by atomic mass is 35.5. The van der Waals surface area contributed by atoms with Gasteiger partial charge < -0.3 is 16.4 Å². The number of nitrogens with one attached hydrogen (secondary N) is 2. The summed E-state index contributed by atoms with van der Waals surface area (Å²) in [4.78, 5) is 36.4. The van der Waals surface area contributed by atoms with Crippen LogP contribution in [0.2, 0.25) is 15.1 Å². The molecule has 0 fully saturated rings. The Hall–Kier alpha value is -2.35. The molecular weight excluding hydrogens is 456 g/mol. The van der Waals surface area contributed by atoms with Gasteiger partial charge in [-0.1, -0.05) is 34.8 Å². The summed E-state index contributed by atoms with van der Waals surface area (Å²) in [6.45, 7) is 1.60. The van der Waals surface area contributed by atoms with Crippen molar-refractivity contribution in [2.24, 2.45) is 5.73 Å². The number of carbonyl (C=O) groups is 3. The van der Waals surface area contributed by atoms with E-state index in [4.69, 9.17) is 40.5 Å². The summed E-state index contributed by atoms with van der Waals surface area (Å²) >= 11 is 17.6. The van der Waals surface area contributed by atoms with Crippen LogP contribution in [0.1, 0.15) is 41.7 Å². The first-order valence-corrected chi connectivity index (χ1v) is 10.0. The maximum absolute atomic E-state index is 13.8. The summed E-state index contributed by atoms with van der Waals surface area (Å²) < 4.78 is 13.8. The van der Waals surface area contributed by atoms with Gasteiger partial charge in [-0.3, -0.25) is 14.4 Å². The van der Waals surface area contributed by atoms with E-state index in [2.05, 4.69) is 10.6 Å². The summed E-state index contributed by atoms with van der Waals surface area (Å²) in [5.41, 5.74) is 5.77. The quantitative estimate of drug-likeness (QED) is 0.504. The molecule has 0 aliphatic carbocycles. The van der Waals surface area contributed by atoms with Gasteiger partial charge in [0.2, 0.25) is 11.8 Å². The number of primary amides is 1. The topological polar surface area (TPSA) is 101 Å². The molecule has 3 amide bonds. The van der Waals surface area contributed by atoms with E-state index in [1.54, 1.807) is 6.92 Å². The van der Waals surface area contributed by atoms with Crippen LogP contribution in [0, 0.1) is 5.82 Å². The van der Waals surface area contributed by atoms with Crippen LogP contribution in [0.15, 0.2) is 36.4 Å². The van der Waals surface area contributed by atoms with Gasteiger partial charge in [0.25, 0.3) is 5.91 Å². The molecule has 2 aromatic rings. The monoisotopic (exact) mass is 473 g/mol. The SMILES string of the molecule is CC(NC(=O)[C@@H](CCC(N)=O)NC(=O)c1ccc(Cl)cc1)c1cc(F)c(Cl)cc1Cl. The molecular formula is C20H19Cl3FN3O3. The Labute approximate surface area is 187 Å². The third-order valence-corrected chi connectivity index (χ3v) is 5.14. The van der Waals surface area contributed by atoms with Crippen molar-refractivity contribution in [1.82, 2.24) is 10.6 Å². The van der Waals surface area contributed by atoms with Crippen molar-refractivity contribution in [2.75, 3.05) is 0 Å². The van der Waals surface area contributed by atoms with Gasteiger partial charge >= 0.3 is 0 Å². The minimum absolute atomic E-state index is 0.0179. The second kappa shape index (κ2) is 10.6. The Bertz CT molecular complexity index is 954. The zero-order chi connectivity index (χ0) is 22.4. The lowest BCUT2D eigenvalue weighted by Gasteiger charge is -2.22. The molecule has 6 nitrogen and oxygen atoms in total. The van der Waals surface area contributed by atoms with Crippen molar-refractivity contribution in [3.8, 4) is 0 Å². The Morgan fingerprint density at radius 1 is 1.03 bits per heavy atom. The van der Waals surface area contributed by atoms with Gasteiger partial charge in [-0.2, -0.15) is 0 Å². The van der Waals surface area contributed by atoms with Crippen LogP contribution in [-0.2, 0) is 9.59 Å². The van der Waals surface area contributed by atoms with Crippen LogP contribution in [-0.4, -0.2) is 23.8 Å². The lowest BCUT2D eigenvalue weighted by Crippen LogP contribution is -2.47. The van der Waals surface area contributed by atoms with E-state index in [1.165, 1.54) is 30.3 Å². The third kappa shape index (κ3) is 6.58. The molecule has 30 heavy (non-hydrogen) atoms. The smallest absolute Gasteiger partial charge is 0.251 e. The first-order valence-electron chi connectivity index (χ1n) is 8.88. The van der Waals surface area contributed by atoms with Gasteiger partial charge in [0.15, 0.2) is 0 Å². The van der Waals surface area contributed by atoms with Crippen molar-refractivity contribution in [2.45, 2.75) is 31.8 Å². The minimum Gasteiger partial charge on any atom is -0.370 e. The number of rotatable bonds is 8. The van der Waals surface area contributed by atoms with Gasteiger partial charge in [-0.25, -0.2) is 4.39 Å². The van der Waals surface area contributed by atoms with E-state index in [1.807, 2.05) is 0 Å². The number of hydrogen-bond acceptors (Lipinski definition) is 3. The number of nitrogens with two attached hydrogens (primary N) is 1. The fourth-order valence-electron chi connectivity index (χ4n) is 2.66. The van der Waals surface area contributed by atoms with Crippen LogP contribution in [0.3, 0.4) is 0 Å². The predicted molar refractivity (Wildman–Crippen MR) is 114 cm³/mol. The highest BCUT2D eigenvalue weighted by Gasteiger charge is 2.24. The Balaban J connectivity index is 2.16. The number of benzene rings is 2. The highest BCUT2D eigenvalue weighted by molar-refractivity contribution is 6.35. The molecule has 0 saturated heterocycles. The number of amides is 3. The van der Waals surface area contributed by atoms with E-state index in [0.717, 1.165) is 6.07 Å². The first kappa shape index (κ1) is 23.9. The molecule has 4 N–H and O–H groups in total. The summed E-state index contributed by atoms with van der Waals surface area (Å²) in [5.74, 6) is -2.42. The molecule has 2 rings (SSSR count). The molecule has 1 unspecified atom stereocenters. The second-order valence-corrected chi connectivity index (χ2v) is 7.81. The number of hydrogen-bond donors (Lipinski definition) is 3. The lowest BCUT2D eigenvalue weighted by atomic mass is 10.1. The molecule has 0 radical (unpaired) electrons. The van der Waals surface area contributed by atoms with Gasteiger partial charge in [0.05, 0.1) is 11.1 Å². The molecule has 0 spiro atoms. The molecule has 0 heterocycles. The maximum atomic E-state index is 13.8. The van der Waals surface area contributed by atoms with Crippen LogP contribution in [0.25, 0.3) is 0 Å². The van der Waals surface area contributed by atoms with Crippen molar-refractivity contribution in [3.63, 3.8) is 0 Å². The molecule has 160 valence electrons. The van der Waals surface area contributed by atoms with Crippen LogP contribution < -0.4 is 16.4 Å². The Morgan fingerprint density at radius 2 is 1.67 bits per heavy atom. The standard InChI is InChI=1S/C20H19Cl3FN3O3/c1-10(13-8-16(24)15(23)9-14(13)22)26-20(30)17(6-7-18(25)28)27-19(29)11-2-4-12(21)5-3-11/h2-5,8-10,17H,6-7H2,1H3,(H2,25,28)(H,26,30)(H,27,29)/t10?,17-/m1/s1. The third-order valence-electron chi connectivity index (χ3n) is 4.27. The number of carbonyl (C=O) groups excluding carboxylic acids is 3. The van der Waals surface area contributed by atoms with Gasteiger partial charge in [0, 0.05) is 22.0 Å². The second-order valence-electron chi connectivity index (χ2n) is 6.56. The van der Waals surface area contributed by atoms with Crippen LogP contribution in [0.5, 0.6) is 0 Å². The fraction of sp³-hybridized carbons (Fsp3) is 0.250. The molecule has 0 aliphatic heterocycles. The Morgan fingerprint density at radius 3 is 2.27 bits per heavy atom. The average Bonchev–Trinajstić information content (AvgIpc) is 2.67. The van der Waals surface area contributed by atoms with E-state index in [-0.39, 0.29) is 28.5 Å². The lowest BCUT2D eigenvalue weighted by molar-refractivity contribution is -0.124. The maximum Gasteiger partial charge on any atom is 0.251 e. The van der Waals surface area contributed by atoms with E-state index >= 15 is 0 Å². The summed E-state index contributed by atoms with van der Waals surface area (Å²) in [5, 5.41) is 5.71. The molecule has 10 heteroatoms. The molecule has 2 aromatic carbocycles. The fourth-order valence-corrected chi connectivity index (χ4v) is 3.33. The predicted octanol–water partition coefficient (Wildman–Crippen LogP) is 4.03. The zero-order valence-corrected chi connectivity index (χ0v) is 18.1. The van der Waals surface area contributed by atoms with E-state index < -0.39 is 35.6 Å². The molecule has 0 aliphatic rings. The summed E-state index contributed by atoms with van der Waals surface area (Å²) in [6.07, 6.45) is -0.139. The van der Waals surface area contributed by atoms with E-state index in [9.17, 15) is 18.8 Å². The molecule has 0 aromatic heterocycles. The summed E-state index contributed by atoms with van der Waals surface area (Å²) in [7, 11) is 0. The van der Waals surface area contributed by atoms with Crippen molar-refractivity contribution < 1.29 is 18.8 Å². The zero-order valence-electron chi connectivity index (χ0n) is 15.8. The van der Waals surface area contributed by atoms with Gasteiger partial charge in [-0.15, -0.1) is 0 Å². The normalized spacial score (nSPS) is 12.7. The van der Waals surface area contributed by atoms with Crippen molar-refractivity contribution >= 4 is 52.5 Å². The Kier molecular flexibility index (Phi) is 8.46. The van der Waals surface area contributed by atoms with Crippen molar-refractivity contribution in [1.29, 1.82) is 0 Å². The first-order chi connectivity index (χ1) is 14.1. The van der Waals surface area contributed by atoms with Crippen LogP contribution in [0.4, 0.5) is 4.39 Å². The largest absolute Gasteiger partial charge is 0.370 e. The summed E-state index contributed by atoms with van der Waals surface area (Å²) in [6, 6.07) is 6.68. The van der Waals surface area contributed by atoms with Crippen LogP contribution >= 0.6 is 34.8 Å². The molecule has 2 atom stereocenters. The minimum atomic E-state index is -1.06. The van der Waals surface area contributed by atoms with Gasteiger partial charge in [-0.05, 0) is 55.3 Å². The van der Waals surface area contributed by atoms with E-state index in [0.29, 0.717) is 10.6 Å². The average molecular weight is 475 g/mol. The molecule has 0 bridgehead atoms. The van der Waals surface area contributed by atoms with Crippen molar-refractivity contribution in [3.05, 3.63) is 68.4 Å². The number of halogens is 4. The molecule has 0 saturated carbocycles.